The van der Waals surface area contributed by atoms with Crippen molar-refractivity contribution in [1.29, 1.82) is 5.26 Å². The van der Waals surface area contributed by atoms with E-state index >= 15 is 0 Å². The average molecular weight is 271 g/mol. The molecular weight excluding hydrogens is 261 g/mol. The van der Waals surface area contributed by atoms with E-state index in [0.29, 0.717) is 10.6 Å². The molecule has 0 atom stereocenters. The third-order valence-electron chi connectivity index (χ3n) is 1.93. The van der Waals surface area contributed by atoms with Crippen molar-refractivity contribution in [1.82, 2.24) is 0 Å². The summed E-state index contributed by atoms with van der Waals surface area (Å²) in [6.07, 6.45) is 0. The van der Waals surface area contributed by atoms with Gasteiger partial charge in [0.15, 0.2) is 0 Å². The summed E-state index contributed by atoms with van der Waals surface area (Å²) in [5.41, 5.74) is 2.50. The van der Waals surface area contributed by atoms with Gasteiger partial charge in [-0.2, -0.15) is 5.26 Å². The number of nitrogens with zero attached hydrogens (tertiary/aromatic N) is 1. The van der Waals surface area contributed by atoms with Crippen LogP contribution in [0.15, 0.2) is 28.2 Å². The summed E-state index contributed by atoms with van der Waals surface area (Å²) >= 11 is 9.44. The molecule has 0 aliphatic heterocycles. The molecule has 14 heavy (non-hydrogen) atoms. The van der Waals surface area contributed by atoms with E-state index in [1.807, 2.05) is 31.2 Å². The van der Waals surface area contributed by atoms with Crippen LogP contribution in [0.25, 0.3) is 5.03 Å². The van der Waals surface area contributed by atoms with Gasteiger partial charge in [-0.3, -0.25) is 0 Å². The lowest BCUT2D eigenvalue weighted by Gasteiger charge is -2.05. The van der Waals surface area contributed by atoms with Crippen molar-refractivity contribution in [3.8, 4) is 6.07 Å². The van der Waals surface area contributed by atoms with Gasteiger partial charge in [0.1, 0.15) is 0 Å². The minimum Gasteiger partial charge on any atom is -0.193 e. The molecule has 0 unspecified atom stereocenters. The highest BCUT2D eigenvalue weighted by Gasteiger charge is 2.06. The molecule has 0 spiro atoms. The van der Waals surface area contributed by atoms with Gasteiger partial charge < -0.3 is 0 Å². The number of hydrogen-bond acceptors (Lipinski definition) is 1. The Morgan fingerprint density at radius 1 is 1.50 bits per heavy atom. The second-order valence-corrected chi connectivity index (χ2v) is 4.30. The summed E-state index contributed by atoms with van der Waals surface area (Å²) in [6, 6.07) is 7.87. The Hall–Kier alpha value is -0.780. The first kappa shape index (κ1) is 11.3. The topological polar surface area (TPSA) is 23.8 Å². The smallest absolute Gasteiger partial charge is 0.0959 e. The van der Waals surface area contributed by atoms with Gasteiger partial charge in [0, 0.05) is 10.0 Å². The summed E-state index contributed by atoms with van der Waals surface area (Å²) in [5, 5.41) is 9.24. The molecule has 1 aromatic rings. The van der Waals surface area contributed by atoms with E-state index < -0.39 is 0 Å². The molecular formula is C11H9BrClN. The van der Waals surface area contributed by atoms with Crippen LogP contribution in [0.5, 0.6) is 0 Å². The third kappa shape index (κ3) is 2.37. The average Bonchev–Trinajstić information content (AvgIpc) is 2.19. The molecule has 0 saturated heterocycles. The summed E-state index contributed by atoms with van der Waals surface area (Å²) in [6.45, 7) is 3.68. The van der Waals surface area contributed by atoms with Crippen LogP contribution in [0.4, 0.5) is 0 Å². The molecule has 1 rings (SSSR count). The summed E-state index contributed by atoms with van der Waals surface area (Å²) < 4.78 is 0.960. The van der Waals surface area contributed by atoms with Gasteiger partial charge in [-0.15, -0.1) is 0 Å². The number of halogens is 2. The van der Waals surface area contributed by atoms with Crippen molar-refractivity contribution in [3.63, 3.8) is 0 Å². The minimum atomic E-state index is 0.520. The first-order valence-electron chi connectivity index (χ1n) is 4.09. The number of nitriles is 1. The summed E-state index contributed by atoms with van der Waals surface area (Å²) in [5.74, 6) is 0. The molecule has 0 N–H and O–H groups in total. The fourth-order valence-electron chi connectivity index (χ4n) is 1.08. The maximum atomic E-state index is 8.72. The van der Waals surface area contributed by atoms with Crippen LogP contribution in [0, 0.1) is 18.3 Å². The van der Waals surface area contributed by atoms with E-state index in [1.165, 1.54) is 0 Å². The SMILES string of the molecule is CC(C#N)=C(Cl)c1cc(Br)ccc1C. The number of benzene rings is 1. The van der Waals surface area contributed by atoms with Crippen LogP contribution in [0.3, 0.4) is 0 Å². The minimum absolute atomic E-state index is 0.520. The van der Waals surface area contributed by atoms with E-state index in [2.05, 4.69) is 15.9 Å². The third-order valence-corrected chi connectivity index (χ3v) is 2.91. The van der Waals surface area contributed by atoms with E-state index in [1.54, 1.807) is 6.92 Å². The molecule has 1 aromatic carbocycles. The van der Waals surface area contributed by atoms with Crippen molar-refractivity contribution < 1.29 is 0 Å². The maximum Gasteiger partial charge on any atom is 0.0959 e. The predicted molar refractivity (Wildman–Crippen MR) is 62.9 cm³/mol. The number of hydrogen-bond donors (Lipinski definition) is 0. The first-order chi connectivity index (χ1) is 6.56. The second kappa shape index (κ2) is 4.63. The Morgan fingerprint density at radius 3 is 2.71 bits per heavy atom. The van der Waals surface area contributed by atoms with Gasteiger partial charge in [-0.1, -0.05) is 33.6 Å². The lowest BCUT2D eigenvalue weighted by Crippen LogP contribution is -1.86. The molecule has 1 nitrogen and oxygen atoms in total. The Balaban J connectivity index is 3.34. The van der Waals surface area contributed by atoms with Gasteiger partial charge in [0.25, 0.3) is 0 Å². The Bertz CT molecular complexity index is 429. The number of rotatable bonds is 1. The summed E-state index contributed by atoms with van der Waals surface area (Å²) in [7, 11) is 0. The fraction of sp³-hybridized carbons (Fsp3) is 0.182. The van der Waals surface area contributed by atoms with Gasteiger partial charge in [-0.05, 0) is 37.1 Å². The molecule has 0 fully saturated rings. The lowest BCUT2D eigenvalue weighted by molar-refractivity contribution is 1.40. The van der Waals surface area contributed by atoms with Crippen molar-refractivity contribution in [3.05, 3.63) is 39.4 Å². The number of aryl methyl sites for hydroxylation is 1. The molecule has 0 heterocycles. The van der Waals surface area contributed by atoms with Crippen molar-refractivity contribution in [2.75, 3.05) is 0 Å². The largest absolute Gasteiger partial charge is 0.193 e. The molecule has 0 bridgehead atoms. The van der Waals surface area contributed by atoms with Crippen LogP contribution in [0.1, 0.15) is 18.1 Å². The van der Waals surface area contributed by atoms with Gasteiger partial charge in [0.05, 0.1) is 11.1 Å². The van der Waals surface area contributed by atoms with E-state index in [9.17, 15) is 0 Å². The summed E-state index contributed by atoms with van der Waals surface area (Å²) in [4.78, 5) is 0. The predicted octanol–water partition coefficient (Wildman–Crippen LogP) is 4.25. The molecule has 0 aliphatic rings. The molecule has 0 aliphatic carbocycles. The van der Waals surface area contributed by atoms with E-state index in [4.69, 9.17) is 16.9 Å². The highest BCUT2D eigenvalue weighted by molar-refractivity contribution is 9.10. The van der Waals surface area contributed by atoms with Gasteiger partial charge in [-0.25, -0.2) is 0 Å². The highest BCUT2D eigenvalue weighted by atomic mass is 79.9. The van der Waals surface area contributed by atoms with Crippen molar-refractivity contribution in [2.45, 2.75) is 13.8 Å². The Kier molecular flexibility index (Phi) is 3.74. The van der Waals surface area contributed by atoms with Crippen LogP contribution >= 0.6 is 27.5 Å². The Morgan fingerprint density at radius 2 is 2.14 bits per heavy atom. The molecule has 0 saturated carbocycles. The lowest BCUT2D eigenvalue weighted by atomic mass is 10.1. The van der Waals surface area contributed by atoms with Crippen LogP contribution in [-0.2, 0) is 0 Å². The van der Waals surface area contributed by atoms with Crippen molar-refractivity contribution >= 4 is 32.6 Å². The zero-order chi connectivity index (χ0) is 10.7. The second-order valence-electron chi connectivity index (χ2n) is 3.01. The van der Waals surface area contributed by atoms with E-state index in [0.717, 1.165) is 15.6 Å². The fourth-order valence-corrected chi connectivity index (χ4v) is 1.69. The monoisotopic (exact) mass is 269 g/mol. The zero-order valence-electron chi connectivity index (χ0n) is 7.94. The van der Waals surface area contributed by atoms with E-state index in [-0.39, 0.29) is 0 Å². The van der Waals surface area contributed by atoms with Crippen LogP contribution in [0.2, 0.25) is 0 Å². The molecule has 0 aromatic heterocycles. The normalized spacial score (nSPS) is 11.9. The van der Waals surface area contributed by atoms with Crippen molar-refractivity contribution in [2.24, 2.45) is 0 Å². The molecule has 72 valence electrons. The van der Waals surface area contributed by atoms with Gasteiger partial charge in [0.2, 0.25) is 0 Å². The van der Waals surface area contributed by atoms with Gasteiger partial charge >= 0.3 is 0 Å². The number of allylic oxidation sites excluding steroid dienone is 1. The first-order valence-corrected chi connectivity index (χ1v) is 5.26. The highest BCUT2D eigenvalue weighted by Crippen LogP contribution is 2.28. The zero-order valence-corrected chi connectivity index (χ0v) is 10.3. The standard InChI is InChI=1S/C11H9BrClN/c1-7-3-4-9(12)5-10(7)11(13)8(2)6-14/h3-5H,1-2H3. The Labute approximate surface area is 97.1 Å². The molecule has 0 radical (unpaired) electrons. The van der Waals surface area contributed by atoms with Crippen LogP contribution in [-0.4, -0.2) is 0 Å². The maximum absolute atomic E-state index is 8.72. The molecule has 0 amide bonds. The molecule has 3 heteroatoms. The quantitative estimate of drug-likeness (QED) is 0.700. The van der Waals surface area contributed by atoms with Crippen LogP contribution < -0.4 is 0 Å².